The van der Waals surface area contributed by atoms with E-state index in [2.05, 4.69) is 5.32 Å². The van der Waals surface area contributed by atoms with E-state index < -0.39 is 5.63 Å². The van der Waals surface area contributed by atoms with Gasteiger partial charge in [-0.15, -0.1) is 0 Å². The fourth-order valence-electron chi connectivity index (χ4n) is 2.94. The smallest absolute Gasteiger partial charge is 0.336 e. The third kappa shape index (κ3) is 3.61. The van der Waals surface area contributed by atoms with Gasteiger partial charge in [0.05, 0.1) is 0 Å². The van der Waals surface area contributed by atoms with Crippen LogP contribution in [-0.4, -0.2) is 12.5 Å². The quantitative estimate of drug-likeness (QED) is 0.706. The number of amides is 1. The molecule has 0 saturated heterocycles. The Balaban J connectivity index is 1.76. The van der Waals surface area contributed by atoms with Gasteiger partial charge < -0.3 is 14.5 Å². The molecule has 0 aliphatic carbocycles. The fourth-order valence-corrected chi connectivity index (χ4v) is 2.94. The van der Waals surface area contributed by atoms with Crippen molar-refractivity contribution in [1.82, 2.24) is 0 Å². The number of hydrogen-bond donors (Lipinski definition) is 1. The molecule has 2 aromatic carbocycles. The van der Waals surface area contributed by atoms with Gasteiger partial charge in [-0.1, -0.05) is 25.1 Å². The van der Waals surface area contributed by atoms with Crippen molar-refractivity contribution < 1.29 is 13.9 Å². The Bertz CT molecular complexity index is 1020. The van der Waals surface area contributed by atoms with E-state index in [9.17, 15) is 9.59 Å². The molecule has 0 atom stereocenters. The Hall–Kier alpha value is -3.08. The summed E-state index contributed by atoms with van der Waals surface area (Å²) in [4.78, 5) is 23.9. The van der Waals surface area contributed by atoms with Crippen LogP contribution < -0.4 is 15.7 Å². The van der Waals surface area contributed by atoms with Gasteiger partial charge in [0, 0.05) is 22.7 Å². The second-order valence-electron chi connectivity index (χ2n) is 6.16. The molecule has 1 N–H and O–H groups in total. The highest BCUT2D eigenvalue weighted by atomic mass is 16.5. The summed E-state index contributed by atoms with van der Waals surface area (Å²) in [6, 6.07) is 12.8. The van der Waals surface area contributed by atoms with Crippen LogP contribution in [0.25, 0.3) is 11.0 Å². The molecule has 0 saturated carbocycles. The van der Waals surface area contributed by atoms with E-state index in [0.717, 1.165) is 28.6 Å². The van der Waals surface area contributed by atoms with E-state index in [1.54, 1.807) is 6.07 Å². The van der Waals surface area contributed by atoms with Crippen LogP contribution >= 0.6 is 0 Å². The third-order valence-electron chi connectivity index (χ3n) is 4.35. The number of rotatable bonds is 5. The minimum atomic E-state index is -0.399. The number of fused-ring (bicyclic) bond motifs is 1. The van der Waals surface area contributed by atoms with E-state index in [-0.39, 0.29) is 12.5 Å². The molecule has 5 nitrogen and oxygen atoms in total. The summed E-state index contributed by atoms with van der Waals surface area (Å²) >= 11 is 0. The predicted molar refractivity (Wildman–Crippen MR) is 102 cm³/mol. The average molecular weight is 351 g/mol. The summed E-state index contributed by atoms with van der Waals surface area (Å²) in [6.45, 7) is 5.58. The highest BCUT2D eigenvalue weighted by Crippen LogP contribution is 2.28. The Labute approximate surface area is 151 Å². The van der Waals surface area contributed by atoms with Crippen LogP contribution in [0.15, 0.2) is 51.7 Å². The number of aryl methyl sites for hydroxylation is 3. The third-order valence-corrected chi connectivity index (χ3v) is 4.35. The van der Waals surface area contributed by atoms with Gasteiger partial charge in [0.25, 0.3) is 5.91 Å². The van der Waals surface area contributed by atoms with Crippen LogP contribution in [0.3, 0.4) is 0 Å². The molecule has 5 heteroatoms. The SMILES string of the molecule is CCc1ccccc1NC(=O)COc1ccc2c(C)cc(=O)oc2c1C. The predicted octanol–water partition coefficient (Wildman–Crippen LogP) is 3.99. The van der Waals surface area contributed by atoms with Gasteiger partial charge >= 0.3 is 5.63 Å². The molecule has 26 heavy (non-hydrogen) atoms. The number of nitrogens with one attached hydrogen (secondary N) is 1. The van der Waals surface area contributed by atoms with Gasteiger partial charge in [0.15, 0.2) is 6.61 Å². The van der Waals surface area contributed by atoms with Crippen molar-refractivity contribution in [3.05, 3.63) is 69.6 Å². The van der Waals surface area contributed by atoms with Gasteiger partial charge in [-0.3, -0.25) is 4.79 Å². The minimum absolute atomic E-state index is 0.125. The molecular weight excluding hydrogens is 330 g/mol. The van der Waals surface area contributed by atoms with E-state index in [1.807, 2.05) is 51.1 Å². The minimum Gasteiger partial charge on any atom is -0.483 e. The first-order valence-corrected chi connectivity index (χ1v) is 8.54. The Morgan fingerprint density at radius 3 is 2.69 bits per heavy atom. The number of carbonyl (C=O) groups is 1. The van der Waals surface area contributed by atoms with Crippen molar-refractivity contribution in [3.63, 3.8) is 0 Å². The van der Waals surface area contributed by atoms with Gasteiger partial charge in [0.1, 0.15) is 11.3 Å². The van der Waals surface area contributed by atoms with Gasteiger partial charge in [-0.2, -0.15) is 0 Å². The lowest BCUT2D eigenvalue weighted by Gasteiger charge is -2.13. The maximum Gasteiger partial charge on any atom is 0.336 e. The van der Waals surface area contributed by atoms with Gasteiger partial charge in [-0.05, 0) is 49.6 Å². The fraction of sp³-hybridized carbons (Fsp3) is 0.238. The van der Waals surface area contributed by atoms with Crippen molar-refractivity contribution in [1.29, 1.82) is 0 Å². The van der Waals surface area contributed by atoms with Crippen LogP contribution in [0.1, 0.15) is 23.6 Å². The molecule has 134 valence electrons. The molecule has 0 fully saturated rings. The van der Waals surface area contributed by atoms with Gasteiger partial charge in [-0.25, -0.2) is 4.79 Å². The molecule has 0 spiro atoms. The number of ether oxygens (including phenoxy) is 1. The number of carbonyl (C=O) groups excluding carboxylic acids is 1. The van der Waals surface area contributed by atoms with Crippen LogP contribution in [0.2, 0.25) is 0 Å². The highest BCUT2D eigenvalue weighted by Gasteiger charge is 2.12. The molecule has 0 aliphatic rings. The van der Waals surface area contributed by atoms with Crippen LogP contribution in [0.5, 0.6) is 5.75 Å². The van der Waals surface area contributed by atoms with Crippen molar-refractivity contribution in [2.45, 2.75) is 27.2 Å². The van der Waals surface area contributed by atoms with E-state index in [1.165, 1.54) is 6.07 Å². The lowest BCUT2D eigenvalue weighted by atomic mass is 10.1. The maximum absolute atomic E-state index is 12.2. The lowest BCUT2D eigenvalue weighted by Crippen LogP contribution is -2.21. The largest absolute Gasteiger partial charge is 0.483 e. The summed E-state index contributed by atoms with van der Waals surface area (Å²) in [5.74, 6) is 0.279. The van der Waals surface area contributed by atoms with E-state index in [0.29, 0.717) is 16.9 Å². The van der Waals surface area contributed by atoms with Crippen molar-refractivity contribution in [2.75, 3.05) is 11.9 Å². The average Bonchev–Trinajstić information content (AvgIpc) is 2.62. The molecule has 1 heterocycles. The summed E-state index contributed by atoms with van der Waals surface area (Å²) in [7, 11) is 0. The molecular formula is C21H21NO4. The molecule has 0 aliphatic heterocycles. The van der Waals surface area contributed by atoms with Crippen molar-refractivity contribution >= 4 is 22.6 Å². The van der Waals surface area contributed by atoms with E-state index >= 15 is 0 Å². The first-order chi connectivity index (χ1) is 12.5. The summed E-state index contributed by atoms with van der Waals surface area (Å²) in [6.07, 6.45) is 0.833. The zero-order valence-corrected chi connectivity index (χ0v) is 15.1. The van der Waals surface area contributed by atoms with Crippen LogP contribution in [-0.2, 0) is 11.2 Å². The standard InChI is InChI=1S/C21H21NO4/c1-4-15-7-5-6-8-17(15)22-19(23)12-25-18-10-9-16-13(2)11-20(24)26-21(16)14(18)3/h5-11H,4,12H2,1-3H3,(H,22,23). The molecule has 1 amide bonds. The first-order valence-electron chi connectivity index (χ1n) is 8.54. The second kappa shape index (κ2) is 7.44. The molecule has 3 aromatic rings. The van der Waals surface area contributed by atoms with Crippen molar-refractivity contribution in [2.24, 2.45) is 0 Å². The zero-order valence-electron chi connectivity index (χ0n) is 15.1. The van der Waals surface area contributed by atoms with Crippen LogP contribution in [0.4, 0.5) is 5.69 Å². The second-order valence-corrected chi connectivity index (χ2v) is 6.16. The molecule has 3 rings (SSSR count). The summed E-state index contributed by atoms with van der Waals surface area (Å²) in [5, 5.41) is 3.73. The van der Waals surface area contributed by atoms with Gasteiger partial charge in [0.2, 0.25) is 0 Å². The molecule has 0 unspecified atom stereocenters. The number of hydrogen-bond acceptors (Lipinski definition) is 4. The maximum atomic E-state index is 12.2. The summed E-state index contributed by atoms with van der Waals surface area (Å²) < 4.78 is 11.0. The zero-order chi connectivity index (χ0) is 18.7. The first kappa shape index (κ1) is 17.7. The molecule has 0 radical (unpaired) electrons. The van der Waals surface area contributed by atoms with Crippen LogP contribution in [0, 0.1) is 13.8 Å². The molecule has 1 aromatic heterocycles. The Morgan fingerprint density at radius 2 is 1.92 bits per heavy atom. The monoisotopic (exact) mass is 351 g/mol. The Morgan fingerprint density at radius 1 is 1.15 bits per heavy atom. The summed E-state index contributed by atoms with van der Waals surface area (Å²) in [5.41, 5.74) is 3.50. The van der Waals surface area contributed by atoms with E-state index in [4.69, 9.17) is 9.15 Å². The number of para-hydroxylation sites is 1. The lowest BCUT2D eigenvalue weighted by molar-refractivity contribution is -0.118. The number of anilines is 1. The highest BCUT2D eigenvalue weighted by molar-refractivity contribution is 5.92. The number of benzene rings is 2. The van der Waals surface area contributed by atoms with Crippen molar-refractivity contribution in [3.8, 4) is 5.75 Å². The Kier molecular flexibility index (Phi) is 5.07. The molecule has 0 bridgehead atoms. The normalized spacial score (nSPS) is 10.7. The topological polar surface area (TPSA) is 68.5 Å².